The second-order valence-corrected chi connectivity index (χ2v) is 6.98. The minimum Gasteiger partial charge on any atom is -0.393 e. The third kappa shape index (κ3) is 3.48. The molecule has 2 nitrogen and oxygen atoms in total. The van der Waals surface area contributed by atoms with Crippen LogP contribution in [0, 0.1) is 17.8 Å². The van der Waals surface area contributed by atoms with Gasteiger partial charge in [-0.05, 0) is 63.3 Å². The minimum atomic E-state index is -0.0471. The van der Waals surface area contributed by atoms with Crippen LogP contribution < -0.4 is 0 Å². The number of nitrogens with zero attached hydrogens (tertiary/aromatic N) is 1. The summed E-state index contributed by atoms with van der Waals surface area (Å²) in [5.74, 6) is 2.13. The predicted molar refractivity (Wildman–Crippen MR) is 76.6 cm³/mol. The maximum Gasteiger partial charge on any atom is 0.0580 e. The second-order valence-electron chi connectivity index (χ2n) is 6.98. The normalized spacial score (nSPS) is 39.2. The summed E-state index contributed by atoms with van der Waals surface area (Å²) in [4.78, 5) is 2.63. The topological polar surface area (TPSA) is 23.5 Å². The number of likely N-dealkylation sites (tertiary alicyclic amines) is 1. The van der Waals surface area contributed by atoms with Gasteiger partial charge in [0.25, 0.3) is 0 Å². The van der Waals surface area contributed by atoms with Crippen molar-refractivity contribution in [2.24, 2.45) is 17.8 Å². The minimum absolute atomic E-state index is 0.0471. The molecule has 0 aromatic carbocycles. The summed E-state index contributed by atoms with van der Waals surface area (Å²) >= 11 is 0. The molecule has 2 rings (SSSR count). The molecule has 2 aliphatic rings. The van der Waals surface area contributed by atoms with Gasteiger partial charge in [0.15, 0.2) is 0 Å². The zero-order chi connectivity index (χ0) is 13.1. The molecule has 4 unspecified atom stereocenters. The molecule has 2 heteroatoms. The molecule has 1 aliphatic heterocycles. The first-order valence-electron chi connectivity index (χ1n) is 8.00. The summed E-state index contributed by atoms with van der Waals surface area (Å²) in [6.45, 7) is 9.41. The zero-order valence-corrected chi connectivity index (χ0v) is 12.4. The van der Waals surface area contributed by atoms with Gasteiger partial charge in [-0.2, -0.15) is 0 Å². The number of aliphatic hydroxyl groups is 1. The van der Waals surface area contributed by atoms with Crippen molar-refractivity contribution in [3.63, 3.8) is 0 Å². The van der Waals surface area contributed by atoms with E-state index in [2.05, 4.69) is 25.7 Å². The van der Waals surface area contributed by atoms with E-state index >= 15 is 0 Å². The Balaban J connectivity index is 1.89. The van der Waals surface area contributed by atoms with Gasteiger partial charge in [0.2, 0.25) is 0 Å². The van der Waals surface area contributed by atoms with Gasteiger partial charge in [-0.15, -0.1) is 0 Å². The summed E-state index contributed by atoms with van der Waals surface area (Å²) in [6.07, 6.45) is 7.52. The van der Waals surface area contributed by atoms with Crippen LogP contribution in [-0.4, -0.2) is 35.2 Å². The molecule has 1 aliphatic carbocycles. The van der Waals surface area contributed by atoms with E-state index < -0.39 is 0 Å². The van der Waals surface area contributed by atoms with Gasteiger partial charge in [-0.3, -0.25) is 0 Å². The lowest BCUT2D eigenvalue weighted by molar-refractivity contribution is 0.00670. The molecular weight excluding hydrogens is 222 g/mol. The van der Waals surface area contributed by atoms with Crippen molar-refractivity contribution in [3.05, 3.63) is 0 Å². The Morgan fingerprint density at radius 1 is 1.17 bits per heavy atom. The van der Waals surface area contributed by atoms with Crippen molar-refractivity contribution in [2.45, 2.75) is 71.4 Å². The van der Waals surface area contributed by atoms with Crippen molar-refractivity contribution in [2.75, 3.05) is 13.1 Å². The summed E-state index contributed by atoms with van der Waals surface area (Å²) in [7, 11) is 0. The summed E-state index contributed by atoms with van der Waals surface area (Å²) in [5.41, 5.74) is 0. The third-order valence-electron chi connectivity index (χ3n) is 5.34. The van der Waals surface area contributed by atoms with Crippen LogP contribution >= 0.6 is 0 Å². The van der Waals surface area contributed by atoms with Crippen LogP contribution in [0.3, 0.4) is 0 Å². The number of aliphatic hydroxyl groups excluding tert-OH is 1. The Hall–Kier alpha value is -0.0800. The van der Waals surface area contributed by atoms with E-state index in [0.29, 0.717) is 5.92 Å². The van der Waals surface area contributed by atoms with Crippen LogP contribution in [0.15, 0.2) is 0 Å². The van der Waals surface area contributed by atoms with Gasteiger partial charge in [0.05, 0.1) is 6.10 Å². The van der Waals surface area contributed by atoms with E-state index in [9.17, 15) is 5.11 Å². The number of hydrogen-bond donors (Lipinski definition) is 1. The Morgan fingerprint density at radius 2 is 1.94 bits per heavy atom. The Labute approximate surface area is 113 Å². The Bertz CT molecular complexity index is 253. The molecule has 1 saturated heterocycles. The third-order valence-corrected chi connectivity index (χ3v) is 5.34. The molecule has 0 spiro atoms. The quantitative estimate of drug-likeness (QED) is 0.834. The van der Waals surface area contributed by atoms with Crippen LogP contribution in [0.25, 0.3) is 0 Å². The summed E-state index contributed by atoms with van der Waals surface area (Å²) < 4.78 is 0. The number of hydrogen-bond acceptors (Lipinski definition) is 2. The van der Waals surface area contributed by atoms with Crippen LogP contribution in [0.4, 0.5) is 0 Å². The lowest BCUT2D eigenvalue weighted by Gasteiger charge is -2.41. The summed E-state index contributed by atoms with van der Waals surface area (Å²) in [5, 5.41) is 10.3. The fraction of sp³-hybridized carbons (Fsp3) is 1.00. The van der Waals surface area contributed by atoms with Crippen molar-refractivity contribution >= 4 is 0 Å². The SMILES string of the molecule is CC(C)C1CCC(O)C(CN2CCCCC2C)C1. The maximum atomic E-state index is 10.3. The van der Waals surface area contributed by atoms with E-state index in [1.807, 2.05) is 0 Å². The zero-order valence-electron chi connectivity index (χ0n) is 12.4. The first-order chi connectivity index (χ1) is 8.58. The lowest BCUT2D eigenvalue weighted by atomic mass is 9.74. The van der Waals surface area contributed by atoms with Crippen LogP contribution in [-0.2, 0) is 0 Å². The molecule has 1 heterocycles. The maximum absolute atomic E-state index is 10.3. The number of rotatable bonds is 3. The van der Waals surface area contributed by atoms with E-state index in [-0.39, 0.29) is 6.10 Å². The molecule has 0 radical (unpaired) electrons. The largest absolute Gasteiger partial charge is 0.393 e. The van der Waals surface area contributed by atoms with E-state index in [1.54, 1.807) is 0 Å². The van der Waals surface area contributed by atoms with E-state index in [1.165, 1.54) is 38.6 Å². The van der Waals surface area contributed by atoms with Gasteiger partial charge >= 0.3 is 0 Å². The van der Waals surface area contributed by atoms with Crippen LogP contribution in [0.2, 0.25) is 0 Å². The average Bonchev–Trinajstić information content (AvgIpc) is 2.34. The van der Waals surface area contributed by atoms with Gasteiger partial charge < -0.3 is 10.0 Å². The molecule has 18 heavy (non-hydrogen) atoms. The molecular formula is C16H31NO. The molecule has 1 N–H and O–H groups in total. The monoisotopic (exact) mass is 253 g/mol. The first kappa shape index (κ1) is 14.3. The van der Waals surface area contributed by atoms with Crippen molar-refractivity contribution in [1.82, 2.24) is 4.90 Å². The molecule has 1 saturated carbocycles. The Kier molecular flexibility index (Phi) is 5.08. The molecule has 0 amide bonds. The standard InChI is InChI=1S/C16H31NO/c1-12(2)14-7-8-16(18)15(10-14)11-17-9-5-4-6-13(17)3/h12-16,18H,4-11H2,1-3H3. The van der Waals surface area contributed by atoms with Crippen molar-refractivity contribution < 1.29 is 5.11 Å². The van der Waals surface area contributed by atoms with Crippen molar-refractivity contribution in [3.8, 4) is 0 Å². The average molecular weight is 253 g/mol. The molecule has 0 aromatic heterocycles. The molecule has 0 aromatic rings. The van der Waals surface area contributed by atoms with E-state index in [0.717, 1.165) is 30.8 Å². The smallest absolute Gasteiger partial charge is 0.0580 e. The highest BCUT2D eigenvalue weighted by molar-refractivity contribution is 4.85. The van der Waals surface area contributed by atoms with Gasteiger partial charge in [0, 0.05) is 12.6 Å². The number of piperidine rings is 1. The van der Waals surface area contributed by atoms with Gasteiger partial charge in [-0.25, -0.2) is 0 Å². The lowest BCUT2D eigenvalue weighted by Crippen LogP contribution is -2.45. The molecule has 4 atom stereocenters. The van der Waals surface area contributed by atoms with Crippen LogP contribution in [0.1, 0.15) is 59.3 Å². The fourth-order valence-electron chi connectivity index (χ4n) is 3.82. The molecule has 106 valence electrons. The predicted octanol–water partition coefficient (Wildman–Crippen LogP) is 3.29. The molecule has 2 fully saturated rings. The highest BCUT2D eigenvalue weighted by Gasteiger charge is 2.32. The fourth-order valence-corrected chi connectivity index (χ4v) is 3.82. The van der Waals surface area contributed by atoms with E-state index in [4.69, 9.17) is 0 Å². The van der Waals surface area contributed by atoms with Gasteiger partial charge in [-0.1, -0.05) is 20.3 Å². The highest BCUT2D eigenvalue weighted by Crippen LogP contribution is 2.35. The summed E-state index contributed by atoms with van der Waals surface area (Å²) in [6, 6.07) is 0.727. The highest BCUT2D eigenvalue weighted by atomic mass is 16.3. The first-order valence-corrected chi connectivity index (χ1v) is 8.00. The van der Waals surface area contributed by atoms with Crippen LogP contribution in [0.5, 0.6) is 0 Å². The second kappa shape index (κ2) is 6.38. The van der Waals surface area contributed by atoms with Crippen molar-refractivity contribution in [1.29, 1.82) is 0 Å². The Morgan fingerprint density at radius 3 is 2.61 bits per heavy atom. The van der Waals surface area contributed by atoms with Gasteiger partial charge in [0.1, 0.15) is 0 Å². The molecule has 0 bridgehead atoms.